The Bertz CT molecular complexity index is 350. The highest BCUT2D eigenvalue weighted by molar-refractivity contribution is 5.77. The smallest absolute Gasteiger partial charge is 0.188 e. The predicted molar refractivity (Wildman–Crippen MR) is 66.2 cm³/mol. The topological polar surface area (TPSA) is 59.6 Å². The molecule has 4 heteroatoms. The molecule has 0 saturated carbocycles. The van der Waals surface area contributed by atoms with E-state index >= 15 is 0 Å². The molecule has 0 amide bonds. The third kappa shape index (κ3) is 4.31. The summed E-state index contributed by atoms with van der Waals surface area (Å²) < 4.78 is 5.07. The number of guanidine groups is 1. The van der Waals surface area contributed by atoms with Gasteiger partial charge in [-0.05, 0) is 18.1 Å². The molecule has 0 saturated heterocycles. The van der Waals surface area contributed by atoms with E-state index in [0.29, 0.717) is 19.1 Å². The van der Waals surface area contributed by atoms with Gasteiger partial charge < -0.3 is 15.8 Å². The minimum atomic E-state index is 0.486. The van der Waals surface area contributed by atoms with Crippen molar-refractivity contribution in [2.24, 2.45) is 10.7 Å². The first-order chi connectivity index (χ1) is 7.76. The van der Waals surface area contributed by atoms with Crippen molar-refractivity contribution in [1.82, 2.24) is 5.32 Å². The molecule has 0 radical (unpaired) electrons. The predicted octanol–water partition coefficient (Wildman–Crippen LogP) is 1.26. The second-order valence-corrected chi connectivity index (χ2v) is 3.48. The Morgan fingerprint density at radius 3 is 2.88 bits per heavy atom. The molecule has 0 spiro atoms. The third-order valence-corrected chi connectivity index (χ3v) is 2.09. The lowest BCUT2D eigenvalue weighted by Crippen LogP contribution is -2.31. The van der Waals surface area contributed by atoms with Crippen LogP contribution in [0, 0.1) is 0 Å². The van der Waals surface area contributed by atoms with E-state index in [4.69, 9.17) is 10.5 Å². The number of methoxy groups -OCH3 is 1. The second-order valence-electron chi connectivity index (χ2n) is 3.48. The van der Waals surface area contributed by atoms with E-state index < -0.39 is 0 Å². The van der Waals surface area contributed by atoms with Crippen LogP contribution in [0.15, 0.2) is 29.3 Å². The van der Waals surface area contributed by atoms with Gasteiger partial charge in [-0.2, -0.15) is 0 Å². The van der Waals surface area contributed by atoms with Crippen molar-refractivity contribution < 1.29 is 4.74 Å². The van der Waals surface area contributed by atoms with Gasteiger partial charge in [0, 0.05) is 13.7 Å². The number of ether oxygens (including phenoxy) is 1. The van der Waals surface area contributed by atoms with Crippen LogP contribution in [-0.4, -0.2) is 19.6 Å². The van der Waals surface area contributed by atoms with Gasteiger partial charge in [-0.3, -0.25) is 0 Å². The fourth-order valence-corrected chi connectivity index (χ4v) is 1.40. The standard InChI is InChI=1S/C12H19N3O/c1-3-14-12(13)15-8-10-5-4-6-11(7-10)9-16-2/h4-7H,3,8-9H2,1-2H3,(H3,13,14,15). The molecule has 0 heterocycles. The van der Waals surface area contributed by atoms with Gasteiger partial charge in [0.1, 0.15) is 0 Å². The van der Waals surface area contributed by atoms with Gasteiger partial charge in [-0.25, -0.2) is 4.99 Å². The van der Waals surface area contributed by atoms with Crippen LogP contribution in [0.1, 0.15) is 18.1 Å². The van der Waals surface area contributed by atoms with Crippen LogP contribution >= 0.6 is 0 Å². The summed E-state index contributed by atoms with van der Waals surface area (Å²) >= 11 is 0. The molecule has 0 fully saturated rings. The quantitative estimate of drug-likeness (QED) is 0.581. The van der Waals surface area contributed by atoms with Gasteiger partial charge in [-0.15, -0.1) is 0 Å². The van der Waals surface area contributed by atoms with Crippen LogP contribution in [0.4, 0.5) is 0 Å². The number of hydrogen-bond acceptors (Lipinski definition) is 2. The fourth-order valence-electron chi connectivity index (χ4n) is 1.40. The van der Waals surface area contributed by atoms with Crippen LogP contribution < -0.4 is 11.1 Å². The number of nitrogens with zero attached hydrogens (tertiary/aromatic N) is 1. The Labute approximate surface area is 96.5 Å². The highest BCUT2D eigenvalue weighted by atomic mass is 16.5. The summed E-state index contributed by atoms with van der Waals surface area (Å²) in [6.07, 6.45) is 0. The van der Waals surface area contributed by atoms with E-state index in [1.807, 2.05) is 25.1 Å². The molecule has 0 atom stereocenters. The molecule has 0 unspecified atom stereocenters. The lowest BCUT2D eigenvalue weighted by atomic mass is 10.1. The first-order valence-electron chi connectivity index (χ1n) is 5.36. The van der Waals surface area contributed by atoms with Gasteiger partial charge in [0.05, 0.1) is 13.2 Å². The summed E-state index contributed by atoms with van der Waals surface area (Å²) in [5.41, 5.74) is 7.93. The van der Waals surface area contributed by atoms with E-state index in [2.05, 4.69) is 16.4 Å². The van der Waals surface area contributed by atoms with E-state index in [0.717, 1.165) is 17.7 Å². The zero-order valence-corrected chi connectivity index (χ0v) is 9.86. The summed E-state index contributed by atoms with van der Waals surface area (Å²) in [5.74, 6) is 0.486. The molecule has 0 aliphatic rings. The molecule has 4 nitrogen and oxygen atoms in total. The molecule has 16 heavy (non-hydrogen) atoms. The summed E-state index contributed by atoms with van der Waals surface area (Å²) in [6, 6.07) is 8.14. The number of benzene rings is 1. The van der Waals surface area contributed by atoms with Crippen molar-refractivity contribution in [3.05, 3.63) is 35.4 Å². The number of rotatable bonds is 5. The van der Waals surface area contributed by atoms with Crippen molar-refractivity contribution in [1.29, 1.82) is 0 Å². The first kappa shape index (κ1) is 12.5. The first-order valence-corrected chi connectivity index (χ1v) is 5.36. The van der Waals surface area contributed by atoms with E-state index in [9.17, 15) is 0 Å². The van der Waals surface area contributed by atoms with Gasteiger partial charge in [-0.1, -0.05) is 24.3 Å². The number of nitrogens with one attached hydrogen (secondary N) is 1. The molecule has 1 rings (SSSR count). The van der Waals surface area contributed by atoms with E-state index in [1.54, 1.807) is 7.11 Å². The number of hydrogen-bond donors (Lipinski definition) is 2. The summed E-state index contributed by atoms with van der Waals surface area (Å²) in [7, 11) is 1.69. The maximum atomic E-state index is 5.64. The zero-order chi connectivity index (χ0) is 11.8. The highest BCUT2D eigenvalue weighted by Gasteiger charge is 1.95. The maximum absolute atomic E-state index is 5.64. The monoisotopic (exact) mass is 221 g/mol. The lowest BCUT2D eigenvalue weighted by Gasteiger charge is -2.04. The second kappa shape index (κ2) is 6.85. The lowest BCUT2D eigenvalue weighted by molar-refractivity contribution is 0.185. The van der Waals surface area contributed by atoms with Crippen LogP contribution in [0.2, 0.25) is 0 Å². The van der Waals surface area contributed by atoms with Gasteiger partial charge in [0.15, 0.2) is 5.96 Å². The molecule has 1 aromatic carbocycles. The molecule has 3 N–H and O–H groups in total. The number of nitrogens with two attached hydrogens (primary N) is 1. The summed E-state index contributed by atoms with van der Waals surface area (Å²) in [6.45, 7) is 4.00. The van der Waals surface area contributed by atoms with Crippen LogP contribution in [-0.2, 0) is 17.9 Å². The van der Waals surface area contributed by atoms with Crippen molar-refractivity contribution in [3.8, 4) is 0 Å². The molecule has 0 aliphatic carbocycles. The Morgan fingerprint density at radius 2 is 2.19 bits per heavy atom. The Balaban J connectivity index is 2.59. The summed E-state index contributed by atoms with van der Waals surface area (Å²) in [4.78, 5) is 4.23. The normalized spacial score (nSPS) is 11.5. The van der Waals surface area contributed by atoms with Crippen molar-refractivity contribution >= 4 is 5.96 Å². The van der Waals surface area contributed by atoms with Crippen molar-refractivity contribution in [2.45, 2.75) is 20.1 Å². The van der Waals surface area contributed by atoms with Crippen LogP contribution in [0.25, 0.3) is 0 Å². The van der Waals surface area contributed by atoms with Crippen LogP contribution in [0.5, 0.6) is 0 Å². The Morgan fingerprint density at radius 1 is 1.44 bits per heavy atom. The molecule has 1 aromatic rings. The molecule has 88 valence electrons. The number of aliphatic imine (C=N–C) groups is 1. The highest BCUT2D eigenvalue weighted by Crippen LogP contribution is 2.07. The molecular weight excluding hydrogens is 202 g/mol. The molecule has 0 aliphatic heterocycles. The minimum absolute atomic E-state index is 0.486. The minimum Gasteiger partial charge on any atom is -0.380 e. The van der Waals surface area contributed by atoms with E-state index in [1.165, 1.54) is 0 Å². The summed E-state index contributed by atoms with van der Waals surface area (Å²) in [5, 5.41) is 2.96. The third-order valence-electron chi connectivity index (χ3n) is 2.09. The fraction of sp³-hybridized carbons (Fsp3) is 0.417. The van der Waals surface area contributed by atoms with Gasteiger partial charge in [0.25, 0.3) is 0 Å². The van der Waals surface area contributed by atoms with Crippen LogP contribution in [0.3, 0.4) is 0 Å². The van der Waals surface area contributed by atoms with Crippen molar-refractivity contribution in [3.63, 3.8) is 0 Å². The average Bonchev–Trinajstić information content (AvgIpc) is 2.28. The van der Waals surface area contributed by atoms with E-state index in [-0.39, 0.29) is 0 Å². The average molecular weight is 221 g/mol. The largest absolute Gasteiger partial charge is 0.380 e. The Kier molecular flexibility index (Phi) is 5.36. The zero-order valence-electron chi connectivity index (χ0n) is 9.86. The SMILES string of the molecule is CCNC(N)=NCc1cccc(COC)c1. The van der Waals surface area contributed by atoms with Crippen molar-refractivity contribution in [2.75, 3.05) is 13.7 Å². The molecular formula is C12H19N3O. The molecule has 0 aromatic heterocycles. The Hall–Kier alpha value is -1.55. The van der Waals surface area contributed by atoms with Gasteiger partial charge in [0.2, 0.25) is 0 Å². The molecule has 0 bridgehead atoms. The maximum Gasteiger partial charge on any atom is 0.188 e. The van der Waals surface area contributed by atoms with Gasteiger partial charge >= 0.3 is 0 Å².